The molecule has 2 aromatic rings. The lowest BCUT2D eigenvalue weighted by molar-refractivity contribution is -0.384. The number of ether oxygens (including phenoxy) is 2. The van der Waals surface area contributed by atoms with Crippen LogP contribution < -0.4 is 14.4 Å². The largest absolute Gasteiger partial charge is 0.495 e. The zero-order chi connectivity index (χ0) is 26.4. The van der Waals surface area contributed by atoms with E-state index in [0.29, 0.717) is 0 Å². The first-order valence-corrected chi connectivity index (χ1v) is 11.2. The predicted molar refractivity (Wildman–Crippen MR) is 128 cm³/mol. The Morgan fingerprint density at radius 2 is 1.76 bits per heavy atom. The molecule has 4 unspecified atom stereocenters. The zero-order valence-corrected chi connectivity index (χ0v) is 19.6. The molecule has 12 heteroatoms. The van der Waals surface area contributed by atoms with Gasteiger partial charge < -0.3 is 9.47 Å². The van der Waals surface area contributed by atoms with E-state index in [1.54, 1.807) is 12.2 Å². The number of carbonyl (C=O) groups excluding carboxylic acids is 4. The van der Waals surface area contributed by atoms with Gasteiger partial charge in [-0.05, 0) is 36.4 Å². The number of nitrogens with zero attached hydrogens (tertiary/aromatic N) is 4. The van der Waals surface area contributed by atoms with Crippen LogP contribution in [0.4, 0.5) is 11.4 Å². The maximum Gasteiger partial charge on any atom is 0.308 e. The van der Waals surface area contributed by atoms with Crippen molar-refractivity contribution < 1.29 is 33.6 Å². The standard InChI is InChI=1S/C25H20N4O8/c1-13(30)37-16-8-5-14(6-9-16)23(31)22-21-20(17-4-3-11-26-28(17)22)24(32)27(25(21)33)18-12-15(29(34)35)7-10-19(18)36-2/h3-12,17,20-22H,1-2H3. The molecule has 3 aliphatic heterocycles. The maximum atomic E-state index is 13.8. The van der Waals surface area contributed by atoms with Gasteiger partial charge in [-0.3, -0.25) is 34.3 Å². The van der Waals surface area contributed by atoms with Gasteiger partial charge in [0.15, 0.2) is 5.78 Å². The third kappa shape index (κ3) is 3.82. The SMILES string of the molecule is COc1ccc([N+](=O)[O-])cc1N1C(=O)C2C(C1=O)C(C(=O)c1ccc(OC(C)=O)cc1)N1N=CC=CC21. The Morgan fingerprint density at radius 1 is 1.05 bits per heavy atom. The van der Waals surface area contributed by atoms with Crippen LogP contribution in [0.1, 0.15) is 17.3 Å². The summed E-state index contributed by atoms with van der Waals surface area (Å²) in [5.74, 6) is -3.93. The lowest BCUT2D eigenvalue weighted by Crippen LogP contribution is -2.46. The van der Waals surface area contributed by atoms with Crippen molar-refractivity contribution >= 4 is 41.2 Å². The number of nitro groups is 1. The fourth-order valence-electron chi connectivity index (χ4n) is 5.07. The number of benzene rings is 2. The van der Waals surface area contributed by atoms with E-state index in [0.717, 1.165) is 11.0 Å². The summed E-state index contributed by atoms with van der Waals surface area (Å²) in [6.07, 6.45) is 4.80. The molecule has 3 heterocycles. The molecule has 0 aliphatic carbocycles. The molecule has 5 rings (SSSR count). The summed E-state index contributed by atoms with van der Waals surface area (Å²) in [7, 11) is 1.32. The van der Waals surface area contributed by atoms with E-state index in [1.807, 2.05) is 0 Å². The highest BCUT2D eigenvalue weighted by Gasteiger charge is 2.64. The molecule has 2 fully saturated rings. The van der Waals surface area contributed by atoms with Crippen molar-refractivity contribution in [3.63, 3.8) is 0 Å². The van der Waals surface area contributed by atoms with Crippen molar-refractivity contribution in [2.24, 2.45) is 16.9 Å². The molecule has 4 atom stereocenters. The number of hydrogen-bond acceptors (Lipinski definition) is 10. The Hall–Kier alpha value is -4.87. The van der Waals surface area contributed by atoms with E-state index >= 15 is 0 Å². The molecule has 2 saturated heterocycles. The van der Waals surface area contributed by atoms with Gasteiger partial charge in [0.25, 0.3) is 5.69 Å². The molecule has 0 aromatic heterocycles. The van der Waals surface area contributed by atoms with E-state index in [-0.39, 0.29) is 28.4 Å². The number of hydrogen-bond donors (Lipinski definition) is 0. The second kappa shape index (κ2) is 8.97. The van der Waals surface area contributed by atoms with Gasteiger partial charge in [-0.25, -0.2) is 4.90 Å². The van der Waals surface area contributed by atoms with Gasteiger partial charge in [-0.1, -0.05) is 6.08 Å². The number of anilines is 1. The van der Waals surface area contributed by atoms with Crippen LogP contribution in [-0.2, 0) is 14.4 Å². The van der Waals surface area contributed by atoms with Crippen LogP contribution in [0.15, 0.2) is 59.7 Å². The second-order valence-corrected chi connectivity index (χ2v) is 8.62. The number of rotatable bonds is 6. The van der Waals surface area contributed by atoms with Crippen molar-refractivity contribution in [2.75, 3.05) is 12.0 Å². The van der Waals surface area contributed by atoms with Crippen LogP contribution in [-0.4, -0.2) is 58.9 Å². The van der Waals surface area contributed by atoms with Crippen molar-refractivity contribution in [1.82, 2.24) is 5.01 Å². The lowest BCUT2D eigenvalue weighted by Gasteiger charge is -2.30. The minimum Gasteiger partial charge on any atom is -0.495 e. The first-order chi connectivity index (χ1) is 17.7. The first-order valence-electron chi connectivity index (χ1n) is 11.2. The Labute approximate surface area is 209 Å². The van der Waals surface area contributed by atoms with E-state index < -0.39 is 52.4 Å². The number of allylic oxidation sites excluding steroid dienone is 1. The summed E-state index contributed by atoms with van der Waals surface area (Å²) in [6, 6.07) is 7.70. The zero-order valence-electron chi connectivity index (χ0n) is 19.6. The Balaban J connectivity index is 1.55. The molecule has 188 valence electrons. The molecule has 2 aromatic carbocycles. The Morgan fingerprint density at radius 3 is 2.41 bits per heavy atom. The third-order valence-corrected chi connectivity index (χ3v) is 6.57. The number of imide groups is 1. The van der Waals surface area contributed by atoms with Gasteiger partial charge in [0, 0.05) is 30.8 Å². The minimum absolute atomic E-state index is 0.0622. The highest BCUT2D eigenvalue weighted by Crippen LogP contribution is 2.48. The summed E-state index contributed by atoms with van der Waals surface area (Å²) in [5.41, 5.74) is -0.151. The maximum absolute atomic E-state index is 13.8. The Kier molecular flexibility index (Phi) is 5.78. The van der Waals surface area contributed by atoms with Gasteiger partial charge >= 0.3 is 5.97 Å². The molecule has 3 aliphatic rings. The fourth-order valence-corrected chi connectivity index (χ4v) is 5.07. The van der Waals surface area contributed by atoms with Crippen molar-refractivity contribution in [3.05, 3.63) is 70.3 Å². The van der Waals surface area contributed by atoms with E-state index in [1.165, 1.54) is 61.7 Å². The van der Waals surface area contributed by atoms with Gasteiger partial charge in [0.1, 0.15) is 23.2 Å². The smallest absolute Gasteiger partial charge is 0.308 e. The molecule has 0 spiro atoms. The monoisotopic (exact) mass is 504 g/mol. The molecular weight excluding hydrogens is 484 g/mol. The summed E-state index contributed by atoms with van der Waals surface area (Å²) >= 11 is 0. The van der Waals surface area contributed by atoms with Gasteiger partial charge in [-0.2, -0.15) is 5.10 Å². The summed E-state index contributed by atoms with van der Waals surface area (Å²) in [5, 5.41) is 17.1. The molecule has 0 N–H and O–H groups in total. The van der Waals surface area contributed by atoms with Crippen LogP contribution >= 0.6 is 0 Å². The number of nitro benzene ring substituents is 1. The topological polar surface area (TPSA) is 149 Å². The van der Waals surface area contributed by atoms with Crippen LogP contribution in [0.25, 0.3) is 0 Å². The van der Waals surface area contributed by atoms with Crippen LogP contribution in [0.2, 0.25) is 0 Å². The average Bonchev–Trinajstić information content (AvgIpc) is 3.35. The molecule has 0 radical (unpaired) electrons. The minimum atomic E-state index is -1.11. The van der Waals surface area contributed by atoms with Crippen molar-refractivity contribution in [1.29, 1.82) is 0 Å². The van der Waals surface area contributed by atoms with Crippen LogP contribution in [0, 0.1) is 22.0 Å². The number of non-ortho nitro benzene ring substituents is 1. The van der Waals surface area contributed by atoms with Gasteiger partial charge in [-0.15, -0.1) is 0 Å². The van der Waals surface area contributed by atoms with E-state index in [4.69, 9.17) is 9.47 Å². The Bertz CT molecular complexity index is 1400. The number of Topliss-reactive ketones (excluding diaryl/α,β-unsaturated/α-hetero) is 1. The van der Waals surface area contributed by atoms with E-state index in [9.17, 15) is 29.3 Å². The van der Waals surface area contributed by atoms with Crippen molar-refractivity contribution in [2.45, 2.75) is 19.0 Å². The third-order valence-electron chi connectivity index (χ3n) is 6.57. The number of amides is 2. The normalized spacial score (nSPS) is 23.6. The second-order valence-electron chi connectivity index (χ2n) is 8.62. The highest BCUT2D eigenvalue weighted by atomic mass is 16.6. The number of hydrazone groups is 1. The predicted octanol–water partition coefficient (Wildman–Crippen LogP) is 2.13. The van der Waals surface area contributed by atoms with Crippen LogP contribution in [0.5, 0.6) is 11.5 Å². The number of methoxy groups -OCH3 is 1. The summed E-state index contributed by atoms with van der Waals surface area (Å²) in [6.45, 7) is 1.25. The molecule has 2 amide bonds. The molecule has 37 heavy (non-hydrogen) atoms. The fraction of sp³-hybridized carbons (Fsp3) is 0.240. The quantitative estimate of drug-likeness (QED) is 0.144. The number of ketones is 1. The average molecular weight is 504 g/mol. The van der Waals surface area contributed by atoms with Gasteiger partial charge in [0.2, 0.25) is 11.8 Å². The number of fused-ring (bicyclic) bond motifs is 3. The molecular formula is C25H20N4O8. The molecule has 0 saturated carbocycles. The van der Waals surface area contributed by atoms with Crippen molar-refractivity contribution in [3.8, 4) is 11.5 Å². The first kappa shape index (κ1) is 23.9. The lowest BCUT2D eigenvalue weighted by atomic mass is 9.86. The highest BCUT2D eigenvalue weighted by molar-refractivity contribution is 6.25. The van der Waals surface area contributed by atoms with E-state index in [2.05, 4.69) is 5.10 Å². The summed E-state index contributed by atoms with van der Waals surface area (Å²) in [4.78, 5) is 63.9. The molecule has 12 nitrogen and oxygen atoms in total. The summed E-state index contributed by atoms with van der Waals surface area (Å²) < 4.78 is 10.3. The van der Waals surface area contributed by atoms with Gasteiger partial charge in [0.05, 0.1) is 29.9 Å². The number of esters is 1. The van der Waals surface area contributed by atoms with Crippen LogP contribution in [0.3, 0.4) is 0 Å². The number of carbonyl (C=O) groups is 4. The molecule has 0 bridgehead atoms.